The van der Waals surface area contributed by atoms with E-state index in [0.29, 0.717) is 71.0 Å². The zero-order valence-corrected chi connectivity index (χ0v) is 31.7. The highest BCUT2D eigenvalue weighted by Gasteiger charge is 2.56. The molecule has 9 nitrogen and oxygen atoms in total. The molecule has 3 aromatic carbocycles. The smallest absolute Gasteiger partial charge is 0.305 e. The summed E-state index contributed by atoms with van der Waals surface area (Å²) in [4.78, 5) is 25.4. The highest BCUT2D eigenvalue weighted by molar-refractivity contribution is 6.06. The molecule has 0 radical (unpaired) electrons. The third kappa shape index (κ3) is 5.98. The number of Topliss-reactive ketones (excluding diaryl/α,β-unsaturated/α-hetero) is 1. The van der Waals surface area contributed by atoms with Gasteiger partial charge in [0.15, 0.2) is 17.3 Å². The van der Waals surface area contributed by atoms with Crippen molar-refractivity contribution < 1.29 is 43.1 Å². The Balaban J connectivity index is 0.000000154. The molecule has 282 valence electrons. The van der Waals surface area contributed by atoms with Crippen molar-refractivity contribution in [1.82, 2.24) is 0 Å². The predicted octanol–water partition coefficient (Wildman–Crippen LogP) is 8.35. The van der Waals surface area contributed by atoms with E-state index < -0.39 is 5.92 Å². The average Bonchev–Trinajstić information content (AvgIpc) is 3.75. The predicted molar refractivity (Wildman–Crippen MR) is 199 cm³/mol. The molecule has 2 saturated carbocycles. The molecule has 0 aromatic heterocycles. The zero-order chi connectivity index (χ0) is 37.2. The number of aromatic hydroxyl groups is 1. The first kappa shape index (κ1) is 35.6. The molecule has 3 aliphatic heterocycles. The zero-order valence-electron chi connectivity index (χ0n) is 31.7. The van der Waals surface area contributed by atoms with Crippen LogP contribution in [0.25, 0.3) is 0 Å². The molecule has 1 N–H and O–H groups in total. The van der Waals surface area contributed by atoms with Gasteiger partial charge in [-0.25, -0.2) is 0 Å². The molecule has 0 amide bonds. The van der Waals surface area contributed by atoms with Gasteiger partial charge in [-0.15, -0.1) is 0 Å². The maximum absolute atomic E-state index is 13.5. The number of carbonyl (C=O) groups is 2. The quantitative estimate of drug-likeness (QED) is 0.260. The molecule has 0 saturated heterocycles. The van der Waals surface area contributed by atoms with Crippen LogP contribution in [0.5, 0.6) is 34.5 Å². The Labute approximate surface area is 312 Å². The summed E-state index contributed by atoms with van der Waals surface area (Å²) in [5.41, 5.74) is 5.32. The first-order valence-corrected chi connectivity index (χ1v) is 19.5. The van der Waals surface area contributed by atoms with Crippen LogP contribution in [-0.2, 0) is 22.4 Å². The molecular formula is C44H52O9. The van der Waals surface area contributed by atoms with Crippen molar-refractivity contribution in [3.05, 3.63) is 70.3 Å². The summed E-state index contributed by atoms with van der Waals surface area (Å²) < 4.78 is 35.0. The van der Waals surface area contributed by atoms with Crippen molar-refractivity contribution in [1.29, 1.82) is 0 Å². The number of esters is 1. The minimum Gasteiger partial charge on any atom is -0.508 e. The Kier molecular flexibility index (Phi) is 9.26. The van der Waals surface area contributed by atoms with E-state index in [2.05, 4.69) is 26.8 Å². The Morgan fingerprint density at radius 2 is 1.75 bits per heavy atom. The van der Waals surface area contributed by atoms with E-state index in [0.717, 1.165) is 42.6 Å². The second kappa shape index (κ2) is 13.8. The number of phenols is 1. The van der Waals surface area contributed by atoms with Gasteiger partial charge in [-0.3, -0.25) is 9.59 Å². The van der Waals surface area contributed by atoms with Crippen LogP contribution in [-0.4, -0.2) is 56.0 Å². The van der Waals surface area contributed by atoms with Crippen molar-refractivity contribution in [2.45, 2.75) is 109 Å². The molecule has 8 atom stereocenters. The monoisotopic (exact) mass is 724 g/mol. The number of hydrogen-bond acceptors (Lipinski definition) is 9. The van der Waals surface area contributed by atoms with Crippen LogP contribution in [0.4, 0.5) is 0 Å². The summed E-state index contributed by atoms with van der Waals surface area (Å²) in [5.74, 6) is 5.56. The summed E-state index contributed by atoms with van der Waals surface area (Å²) in [7, 11) is 3.16. The van der Waals surface area contributed by atoms with Crippen LogP contribution in [0.2, 0.25) is 0 Å². The lowest BCUT2D eigenvalue weighted by molar-refractivity contribution is -0.157. The van der Waals surface area contributed by atoms with Crippen LogP contribution in [0, 0.1) is 23.2 Å². The molecule has 6 aliphatic rings. The molecule has 2 fully saturated rings. The van der Waals surface area contributed by atoms with E-state index in [1.165, 1.54) is 30.4 Å². The number of hydrogen-bond donors (Lipinski definition) is 1. The van der Waals surface area contributed by atoms with Crippen LogP contribution < -0.4 is 23.7 Å². The number of methoxy groups -OCH3 is 2. The first-order chi connectivity index (χ1) is 25.5. The Bertz CT molecular complexity index is 1920. The number of carbonyl (C=O) groups excluding carboxylic acids is 2. The molecule has 0 spiro atoms. The van der Waals surface area contributed by atoms with Gasteiger partial charge < -0.3 is 33.5 Å². The SMILES string of the molecule is CCC(=O)OC1CCC2C3CCc4cc(O)ccc4C3CCC12C.COc1cc2c(cc1OC)C1C(=O)c3ccc4c(c3OC1CO2)CC(C(C)C)O4. The molecular weight excluding hydrogens is 672 g/mol. The maximum atomic E-state index is 13.5. The first-order valence-electron chi connectivity index (χ1n) is 19.5. The van der Waals surface area contributed by atoms with Crippen molar-refractivity contribution in [3.63, 3.8) is 0 Å². The van der Waals surface area contributed by atoms with Gasteiger partial charge in [-0.05, 0) is 104 Å². The fourth-order valence-electron chi connectivity index (χ4n) is 10.4. The lowest BCUT2D eigenvalue weighted by Crippen LogP contribution is -2.45. The minimum absolute atomic E-state index is 0.0452. The largest absolute Gasteiger partial charge is 0.508 e. The van der Waals surface area contributed by atoms with Gasteiger partial charge in [0.25, 0.3) is 0 Å². The molecule has 3 aromatic rings. The highest BCUT2D eigenvalue weighted by Crippen LogP contribution is 2.61. The van der Waals surface area contributed by atoms with Crippen LogP contribution in [0.15, 0.2) is 42.5 Å². The number of aryl methyl sites for hydroxylation is 1. The summed E-state index contributed by atoms with van der Waals surface area (Å²) in [6.45, 7) is 8.82. The Hall–Kier alpha value is -4.40. The van der Waals surface area contributed by atoms with Crippen molar-refractivity contribution >= 4 is 11.8 Å². The van der Waals surface area contributed by atoms with E-state index in [-0.39, 0.29) is 35.5 Å². The normalized spacial score (nSPS) is 29.9. The van der Waals surface area contributed by atoms with Gasteiger partial charge in [0, 0.05) is 35.4 Å². The second-order valence-electron chi connectivity index (χ2n) is 16.3. The van der Waals surface area contributed by atoms with Gasteiger partial charge in [-0.2, -0.15) is 0 Å². The molecule has 0 bridgehead atoms. The lowest BCUT2D eigenvalue weighted by atomic mass is 9.55. The highest BCUT2D eigenvalue weighted by atomic mass is 16.6. The molecule has 9 heteroatoms. The number of rotatable bonds is 5. The lowest BCUT2D eigenvalue weighted by Gasteiger charge is -2.50. The summed E-state index contributed by atoms with van der Waals surface area (Å²) in [6, 6.07) is 13.3. The molecule has 3 aliphatic carbocycles. The van der Waals surface area contributed by atoms with E-state index in [1.54, 1.807) is 20.3 Å². The van der Waals surface area contributed by atoms with E-state index >= 15 is 0 Å². The average molecular weight is 725 g/mol. The Morgan fingerprint density at radius 3 is 2.51 bits per heavy atom. The number of ketones is 1. The van der Waals surface area contributed by atoms with Crippen molar-refractivity contribution in [2.75, 3.05) is 20.8 Å². The van der Waals surface area contributed by atoms with E-state index in [4.69, 9.17) is 28.4 Å². The third-order valence-electron chi connectivity index (χ3n) is 13.3. The van der Waals surface area contributed by atoms with Crippen molar-refractivity contribution in [2.24, 2.45) is 23.2 Å². The fraction of sp³-hybridized carbons (Fsp3) is 0.545. The van der Waals surface area contributed by atoms with Gasteiger partial charge in [0.05, 0.1) is 25.7 Å². The van der Waals surface area contributed by atoms with E-state index in [9.17, 15) is 14.7 Å². The summed E-state index contributed by atoms with van der Waals surface area (Å²) in [6.07, 6.45) is 7.85. The topological polar surface area (TPSA) is 110 Å². The second-order valence-corrected chi connectivity index (χ2v) is 16.3. The van der Waals surface area contributed by atoms with Crippen LogP contribution in [0.1, 0.15) is 111 Å². The van der Waals surface area contributed by atoms with Crippen LogP contribution >= 0.6 is 0 Å². The third-order valence-corrected chi connectivity index (χ3v) is 13.3. The minimum atomic E-state index is -0.438. The standard InChI is InChI=1S/C23H24O6.C21H28O3/c1-11(2)16-8-14-15(28-16)6-5-12-22(24)21-13-7-18(25-3)19(26-4)9-17(13)27-10-20(21)29-23(12)14;1-3-20(23)24-19-9-8-18-17-6-4-13-12-14(22)5-7-15(13)16(17)10-11-21(18,19)2/h5-7,9,11,16,20-21H,8,10H2,1-4H3;5,7,12,16-19,22H,3-4,6,8-11H2,1-2H3. The summed E-state index contributed by atoms with van der Waals surface area (Å²) >= 11 is 0. The molecule has 3 heterocycles. The number of phenolic OH excluding ortho intramolecular Hbond substituents is 1. The number of ether oxygens (including phenoxy) is 6. The van der Waals surface area contributed by atoms with Gasteiger partial charge >= 0.3 is 5.97 Å². The number of benzene rings is 3. The molecule has 9 rings (SSSR count). The van der Waals surface area contributed by atoms with Gasteiger partial charge in [0.2, 0.25) is 0 Å². The molecule has 53 heavy (non-hydrogen) atoms. The van der Waals surface area contributed by atoms with Crippen molar-refractivity contribution in [3.8, 4) is 34.5 Å². The van der Waals surface area contributed by atoms with Gasteiger partial charge in [-0.1, -0.05) is 33.8 Å². The van der Waals surface area contributed by atoms with E-state index in [1.807, 2.05) is 37.3 Å². The Morgan fingerprint density at radius 1 is 0.962 bits per heavy atom. The van der Waals surface area contributed by atoms with Crippen LogP contribution in [0.3, 0.4) is 0 Å². The number of fused-ring (bicyclic) bond motifs is 11. The van der Waals surface area contributed by atoms with Gasteiger partial charge in [0.1, 0.15) is 47.9 Å². The fourth-order valence-corrected chi connectivity index (χ4v) is 10.4. The maximum Gasteiger partial charge on any atom is 0.305 e. The summed E-state index contributed by atoms with van der Waals surface area (Å²) in [5, 5.41) is 9.77. The molecule has 8 unspecified atom stereocenters.